The van der Waals surface area contributed by atoms with Gasteiger partial charge in [0.2, 0.25) is 5.91 Å². The molecule has 1 aromatic rings. The van der Waals surface area contributed by atoms with Gasteiger partial charge in [-0.3, -0.25) is 14.4 Å². The molecule has 2 aliphatic heterocycles. The summed E-state index contributed by atoms with van der Waals surface area (Å²) < 4.78 is 7.54. The van der Waals surface area contributed by atoms with E-state index < -0.39 is 0 Å². The van der Waals surface area contributed by atoms with Crippen LogP contribution in [0.2, 0.25) is 0 Å². The summed E-state index contributed by atoms with van der Waals surface area (Å²) in [6, 6.07) is 0. The number of nitrogens with zero attached hydrogens (tertiary/aromatic N) is 5. The highest BCUT2D eigenvalue weighted by Gasteiger charge is 2.27. The van der Waals surface area contributed by atoms with Gasteiger partial charge in [-0.15, -0.1) is 0 Å². The second-order valence-corrected chi connectivity index (χ2v) is 6.60. The van der Waals surface area contributed by atoms with E-state index >= 15 is 0 Å². The Balaban J connectivity index is 1.48. The summed E-state index contributed by atoms with van der Waals surface area (Å²) in [5, 5.41) is 4.19. The standard InChI is InChI=1S/C16H27N5O2/c1-2-15-10-20(6-7-23-15)16(22)11-19-5-3-4-14(8-19)9-21-13-17-12-18-21/h12-15H,2-11H2,1H3/t14-,15+/m0/s1. The molecule has 0 aliphatic carbocycles. The number of carbonyl (C=O) groups is 1. The van der Waals surface area contributed by atoms with Gasteiger partial charge in [0.15, 0.2) is 0 Å². The van der Waals surface area contributed by atoms with Crippen LogP contribution in [0.25, 0.3) is 0 Å². The Hall–Kier alpha value is -1.47. The van der Waals surface area contributed by atoms with Crippen LogP contribution in [-0.4, -0.2) is 75.9 Å². The Morgan fingerprint density at radius 3 is 3.04 bits per heavy atom. The molecule has 3 heterocycles. The zero-order valence-corrected chi connectivity index (χ0v) is 13.9. The molecular formula is C16H27N5O2. The van der Waals surface area contributed by atoms with E-state index in [4.69, 9.17) is 4.74 Å². The molecular weight excluding hydrogens is 294 g/mol. The van der Waals surface area contributed by atoms with Crippen LogP contribution >= 0.6 is 0 Å². The van der Waals surface area contributed by atoms with Crippen LogP contribution in [-0.2, 0) is 16.1 Å². The van der Waals surface area contributed by atoms with E-state index in [9.17, 15) is 4.79 Å². The van der Waals surface area contributed by atoms with E-state index in [1.807, 2.05) is 9.58 Å². The lowest BCUT2D eigenvalue weighted by Crippen LogP contribution is -2.50. The molecule has 2 atom stereocenters. The highest BCUT2D eigenvalue weighted by atomic mass is 16.5. The number of piperidine rings is 1. The summed E-state index contributed by atoms with van der Waals surface area (Å²) in [5.74, 6) is 0.791. The van der Waals surface area contributed by atoms with Crippen molar-refractivity contribution in [1.29, 1.82) is 0 Å². The third-order valence-corrected chi connectivity index (χ3v) is 4.82. The van der Waals surface area contributed by atoms with Crippen LogP contribution < -0.4 is 0 Å². The number of rotatable bonds is 5. The average Bonchev–Trinajstić information content (AvgIpc) is 3.08. The van der Waals surface area contributed by atoms with Crippen molar-refractivity contribution in [1.82, 2.24) is 24.6 Å². The summed E-state index contributed by atoms with van der Waals surface area (Å²) in [4.78, 5) is 20.8. The summed E-state index contributed by atoms with van der Waals surface area (Å²) >= 11 is 0. The molecule has 2 saturated heterocycles. The molecule has 0 saturated carbocycles. The Morgan fingerprint density at radius 1 is 1.35 bits per heavy atom. The van der Waals surface area contributed by atoms with Gasteiger partial charge in [0, 0.05) is 26.2 Å². The lowest BCUT2D eigenvalue weighted by atomic mass is 9.98. The first-order valence-corrected chi connectivity index (χ1v) is 8.68. The fourth-order valence-electron chi connectivity index (χ4n) is 3.52. The van der Waals surface area contributed by atoms with Crippen molar-refractivity contribution in [2.24, 2.45) is 5.92 Å². The molecule has 1 aromatic heterocycles. The molecule has 3 rings (SSSR count). The summed E-state index contributed by atoms with van der Waals surface area (Å²) in [7, 11) is 0. The molecule has 1 amide bonds. The first-order chi connectivity index (χ1) is 11.2. The van der Waals surface area contributed by atoms with Crippen LogP contribution in [0.3, 0.4) is 0 Å². The van der Waals surface area contributed by atoms with Crippen molar-refractivity contribution in [3.63, 3.8) is 0 Å². The van der Waals surface area contributed by atoms with Gasteiger partial charge in [-0.2, -0.15) is 5.10 Å². The predicted molar refractivity (Wildman–Crippen MR) is 85.8 cm³/mol. The lowest BCUT2D eigenvalue weighted by molar-refractivity contribution is -0.140. The second-order valence-electron chi connectivity index (χ2n) is 6.60. The van der Waals surface area contributed by atoms with Crippen molar-refractivity contribution < 1.29 is 9.53 Å². The molecule has 0 radical (unpaired) electrons. The molecule has 0 unspecified atom stereocenters. The Kier molecular flexibility index (Phi) is 5.61. The zero-order chi connectivity index (χ0) is 16.1. The first-order valence-electron chi connectivity index (χ1n) is 8.68. The van der Waals surface area contributed by atoms with E-state index in [-0.39, 0.29) is 12.0 Å². The minimum Gasteiger partial charge on any atom is -0.375 e. The van der Waals surface area contributed by atoms with E-state index in [1.165, 1.54) is 6.42 Å². The first kappa shape index (κ1) is 16.4. The molecule has 7 heteroatoms. The molecule has 0 spiro atoms. The zero-order valence-electron chi connectivity index (χ0n) is 13.9. The molecule has 2 aliphatic rings. The highest BCUT2D eigenvalue weighted by molar-refractivity contribution is 5.78. The SMILES string of the molecule is CC[C@@H]1CN(C(=O)CN2CCC[C@H](Cn3cncn3)C2)CCO1. The normalized spacial score (nSPS) is 26.4. The van der Waals surface area contributed by atoms with Gasteiger partial charge >= 0.3 is 0 Å². The maximum Gasteiger partial charge on any atom is 0.236 e. The number of amides is 1. The highest BCUT2D eigenvalue weighted by Crippen LogP contribution is 2.18. The van der Waals surface area contributed by atoms with Crippen molar-refractivity contribution in [2.45, 2.75) is 38.8 Å². The molecule has 7 nitrogen and oxygen atoms in total. The maximum absolute atomic E-state index is 12.6. The van der Waals surface area contributed by atoms with Gasteiger partial charge in [0.1, 0.15) is 12.7 Å². The van der Waals surface area contributed by atoms with E-state index in [0.29, 0.717) is 19.1 Å². The van der Waals surface area contributed by atoms with Crippen LogP contribution in [0.5, 0.6) is 0 Å². The Morgan fingerprint density at radius 2 is 2.26 bits per heavy atom. The third kappa shape index (κ3) is 4.51. The number of ether oxygens (including phenoxy) is 1. The number of likely N-dealkylation sites (tertiary alicyclic amines) is 1. The number of aromatic nitrogens is 3. The average molecular weight is 321 g/mol. The van der Waals surface area contributed by atoms with Gasteiger partial charge in [0.05, 0.1) is 19.3 Å². The number of morpholine rings is 1. The lowest BCUT2D eigenvalue weighted by Gasteiger charge is -2.36. The minimum absolute atomic E-state index is 0.203. The van der Waals surface area contributed by atoms with Crippen molar-refractivity contribution in [3.05, 3.63) is 12.7 Å². The Labute approximate surface area is 137 Å². The van der Waals surface area contributed by atoms with Crippen LogP contribution in [0.15, 0.2) is 12.7 Å². The smallest absolute Gasteiger partial charge is 0.236 e. The van der Waals surface area contributed by atoms with E-state index in [1.54, 1.807) is 12.7 Å². The van der Waals surface area contributed by atoms with Crippen LogP contribution in [0.4, 0.5) is 0 Å². The molecule has 0 aromatic carbocycles. The molecule has 128 valence electrons. The van der Waals surface area contributed by atoms with Crippen LogP contribution in [0, 0.1) is 5.92 Å². The monoisotopic (exact) mass is 321 g/mol. The maximum atomic E-state index is 12.6. The van der Waals surface area contributed by atoms with Crippen molar-refractivity contribution >= 4 is 5.91 Å². The topological polar surface area (TPSA) is 63.5 Å². The molecule has 0 bridgehead atoms. The number of hydrogen-bond donors (Lipinski definition) is 0. The quantitative estimate of drug-likeness (QED) is 0.796. The summed E-state index contributed by atoms with van der Waals surface area (Å²) in [6.45, 7) is 7.65. The van der Waals surface area contributed by atoms with Gasteiger partial charge in [0.25, 0.3) is 0 Å². The van der Waals surface area contributed by atoms with Gasteiger partial charge in [-0.1, -0.05) is 6.92 Å². The van der Waals surface area contributed by atoms with Gasteiger partial charge < -0.3 is 9.64 Å². The van der Waals surface area contributed by atoms with Crippen LogP contribution in [0.1, 0.15) is 26.2 Å². The fraction of sp³-hybridized carbons (Fsp3) is 0.812. The van der Waals surface area contributed by atoms with Gasteiger partial charge in [-0.25, -0.2) is 4.98 Å². The van der Waals surface area contributed by atoms with E-state index in [0.717, 1.165) is 45.6 Å². The van der Waals surface area contributed by atoms with Crippen molar-refractivity contribution in [3.8, 4) is 0 Å². The van der Waals surface area contributed by atoms with E-state index in [2.05, 4.69) is 21.9 Å². The largest absolute Gasteiger partial charge is 0.375 e. The second kappa shape index (κ2) is 7.88. The predicted octanol–water partition coefficient (Wildman–Crippen LogP) is 0.627. The number of carbonyl (C=O) groups excluding carboxylic acids is 1. The summed E-state index contributed by atoms with van der Waals surface area (Å²) in [5.41, 5.74) is 0. The molecule has 0 N–H and O–H groups in total. The molecule has 2 fully saturated rings. The molecule has 23 heavy (non-hydrogen) atoms. The summed E-state index contributed by atoms with van der Waals surface area (Å²) in [6.07, 6.45) is 6.85. The fourth-order valence-corrected chi connectivity index (χ4v) is 3.52. The van der Waals surface area contributed by atoms with Crippen molar-refractivity contribution in [2.75, 3.05) is 39.3 Å². The Bertz CT molecular complexity index is 493. The third-order valence-electron chi connectivity index (χ3n) is 4.82. The minimum atomic E-state index is 0.203. The number of hydrogen-bond acceptors (Lipinski definition) is 5. The van der Waals surface area contributed by atoms with Gasteiger partial charge in [-0.05, 0) is 31.7 Å².